The van der Waals surface area contributed by atoms with Crippen LogP contribution in [0.2, 0.25) is 0 Å². The van der Waals surface area contributed by atoms with Crippen molar-refractivity contribution >= 4 is 23.0 Å². The van der Waals surface area contributed by atoms with Crippen molar-refractivity contribution in [1.82, 2.24) is 14.9 Å². The molecule has 1 N–H and O–H groups in total. The number of pyridine rings is 1. The highest BCUT2D eigenvalue weighted by atomic mass is 32.1. The number of nitrogens with one attached hydrogen (secondary N) is 1. The maximum absolute atomic E-state index is 5.75. The summed E-state index contributed by atoms with van der Waals surface area (Å²) in [5, 5.41) is 4.08. The minimum Gasteiger partial charge on any atom is -0.497 e. The van der Waals surface area contributed by atoms with Gasteiger partial charge in [-0.15, -0.1) is 0 Å². The van der Waals surface area contributed by atoms with Gasteiger partial charge in [0.25, 0.3) is 0 Å². The van der Waals surface area contributed by atoms with Crippen LogP contribution in [0.3, 0.4) is 0 Å². The molecule has 0 aliphatic carbocycles. The predicted octanol–water partition coefficient (Wildman–Crippen LogP) is 3.61. The molecule has 0 spiro atoms. The van der Waals surface area contributed by atoms with E-state index >= 15 is 0 Å². The maximum Gasteiger partial charge on any atom is 0.174 e. The van der Waals surface area contributed by atoms with E-state index in [1.54, 1.807) is 20.4 Å². The molecular formula is C21H22N4O2S. The summed E-state index contributed by atoms with van der Waals surface area (Å²) in [6, 6.07) is 13.6. The zero-order chi connectivity index (χ0) is 19.7. The van der Waals surface area contributed by atoms with E-state index in [0.29, 0.717) is 5.11 Å². The molecule has 0 amide bonds. The first-order chi connectivity index (χ1) is 13.6. The van der Waals surface area contributed by atoms with Crippen molar-refractivity contribution < 1.29 is 9.47 Å². The lowest BCUT2D eigenvalue weighted by molar-refractivity contribution is 0.403. The molecule has 144 valence electrons. The zero-order valence-corrected chi connectivity index (χ0v) is 16.8. The predicted molar refractivity (Wildman–Crippen MR) is 113 cm³/mol. The Hall–Kier alpha value is -3.06. The molecular weight excluding hydrogens is 372 g/mol. The second kappa shape index (κ2) is 7.52. The fraction of sp³-hybridized carbons (Fsp3) is 0.238. The Morgan fingerprint density at radius 1 is 1.11 bits per heavy atom. The van der Waals surface area contributed by atoms with E-state index in [0.717, 1.165) is 28.4 Å². The average molecular weight is 395 g/mol. The molecule has 6 nitrogen and oxygen atoms in total. The number of aryl methyl sites for hydroxylation is 1. The Morgan fingerprint density at radius 2 is 1.96 bits per heavy atom. The van der Waals surface area contributed by atoms with Crippen LogP contribution in [-0.4, -0.2) is 28.9 Å². The van der Waals surface area contributed by atoms with Crippen LogP contribution in [0, 0.1) is 0 Å². The molecule has 1 saturated heterocycles. The van der Waals surface area contributed by atoms with Crippen molar-refractivity contribution in [2.24, 2.45) is 7.05 Å². The van der Waals surface area contributed by atoms with E-state index in [4.69, 9.17) is 21.7 Å². The molecule has 3 heterocycles. The second-order valence-electron chi connectivity index (χ2n) is 6.64. The Bertz CT molecular complexity index is 989. The fourth-order valence-electron chi connectivity index (χ4n) is 3.64. The molecule has 2 atom stereocenters. The van der Waals surface area contributed by atoms with Crippen LogP contribution in [0.15, 0.2) is 61.1 Å². The third kappa shape index (κ3) is 3.18. The topological polar surface area (TPSA) is 51.6 Å². The van der Waals surface area contributed by atoms with Crippen molar-refractivity contribution in [1.29, 1.82) is 0 Å². The minimum absolute atomic E-state index is 0.0791. The fourth-order valence-corrected chi connectivity index (χ4v) is 3.98. The van der Waals surface area contributed by atoms with Gasteiger partial charge in [-0.2, -0.15) is 0 Å². The molecule has 4 rings (SSSR count). The molecule has 3 aromatic rings. The lowest BCUT2D eigenvalue weighted by Crippen LogP contribution is -2.29. The number of anilines is 1. The van der Waals surface area contributed by atoms with Crippen LogP contribution in [0.5, 0.6) is 11.5 Å². The molecule has 0 unspecified atom stereocenters. The van der Waals surface area contributed by atoms with Gasteiger partial charge >= 0.3 is 0 Å². The second-order valence-corrected chi connectivity index (χ2v) is 7.03. The average Bonchev–Trinajstić information content (AvgIpc) is 3.30. The number of nitrogens with zero attached hydrogens (tertiary/aromatic N) is 3. The van der Waals surface area contributed by atoms with Gasteiger partial charge in [0.2, 0.25) is 0 Å². The first-order valence-electron chi connectivity index (χ1n) is 8.97. The van der Waals surface area contributed by atoms with Crippen molar-refractivity contribution in [2.45, 2.75) is 12.1 Å². The SMILES string of the molecule is COc1ccc(OC)c(N2C(=S)N[C@H](c3ccccn3)[C@H]2c2ccn(C)c2)c1. The lowest BCUT2D eigenvalue weighted by Gasteiger charge is -2.28. The van der Waals surface area contributed by atoms with Gasteiger partial charge in [0, 0.05) is 31.7 Å². The lowest BCUT2D eigenvalue weighted by atomic mass is 9.98. The highest BCUT2D eigenvalue weighted by Crippen LogP contribution is 2.45. The molecule has 28 heavy (non-hydrogen) atoms. The zero-order valence-electron chi connectivity index (χ0n) is 16.0. The third-order valence-electron chi connectivity index (χ3n) is 4.94. The summed E-state index contributed by atoms with van der Waals surface area (Å²) in [6.07, 6.45) is 5.94. The molecule has 0 saturated carbocycles. The molecule has 0 radical (unpaired) electrons. The summed E-state index contributed by atoms with van der Waals surface area (Å²) >= 11 is 5.75. The van der Waals surface area contributed by atoms with E-state index in [1.165, 1.54) is 0 Å². The summed E-state index contributed by atoms with van der Waals surface area (Å²) in [7, 11) is 5.32. The van der Waals surface area contributed by atoms with Crippen LogP contribution in [0.25, 0.3) is 0 Å². The van der Waals surface area contributed by atoms with Crippen LogP contribution in [0.4, 0.5) is 5.69 Å². The van der Waals surface area contributed by atoms with Gasteiger partial charge in [-0.25, -0.2) is 0 Å². The number of aromatic nitrogens is 2. The van der Waals surface area contributed by atoms with Gasteiger partial charge < -0.3 is 24.3 Å². The van der Waals surface area contributed by atoms with Gasteiger partial charge in [0.05, 0.1) is 37.7 Å². The van der Waals surface area contributed by atoms with Crippen molar-refractivity contribution in [3.8, 4) is 11.5 Å². The largest absolute Gasteiger partial charge is 0.497 e. The van der Waals surface area contributed by atoms with Crippen molar-refractivity contribution in [3.05, 3.63) is 72.3 Å². The highest BCUT2D eigenvalue weighted by Gasteiger charge is 2.42. The normalized spacial score (nSPS) is 18.8. The monoisotopic (exact) mass is 394 g/mol. The summed E-state index contributed by atoms with van der Waals surface area (Å²) in [5.74, 6) is 1.47. The molecule has 1 aliphatic heterocycles. The number of methoxy groups -OCH3 is 2. The Kier molecular flexibility index (Phi) is 4.92. The number of hydrogen-bond acceptors (Lipinski definition) is 4. The number of thiocarbonyl (C=S) groups is 1. The first kappa shape index (κ1) is 18.3. The molecule has 1 aliphatic rings. The summed E-state index contributed by atoms with van der Waals surface area (Å²) in [4.78, 5) is 6.66. The number of benzene rings is 1. The summed E-state index contributed by atoms with van der Waals surface area (Å²) in [6.45, 7) is 0. The first-order valence-corrected chi connectivity index (χ1v) is 9.37. The van der Waals surface area contributed by atoms with Gasteiger partial charge in [-0.3, -0.25) is 4.98 Å². The van der Waals surface area contributed by atoms with E-state index in [9.17, 15) is 0 Å². The van der Waals surface area contributed by atoms with E-state index < -0.39 is 0 Å². The van der Waals surface area contributed by atoms with Gasteiger partial charge in [0.15, 0.2) is 5.11 Å². The van der Waals surface area contributed by atoms with E-state index in [2.05, 4.69) is 27.5 Å². The van der Waals surface area contributed by atoms with Crippen molar-refractivity contribution in [2.75, 3.05) is 19.1 Å². The van der Waals surface area contributed by atoms with E-state index in [-0.39, 0.29) is 12.1 Å². The summed E-state index contributed by atoms with van der Waals surface area (Å²) < 4.78 is 13.1. The standard InChI is InChI=1S/C21H22N4O2S/c1-24-11-9-14(13-24)20-19(16-6-4-5-10-22-16)23-21(28)25(20)17-12-15(26-2)7-8-18(17)27-3/h4-13,19-20H,1-3H3,(H,23,28)/t19-,20-/m1/s1. The van der Waals surface area contributed by atoms with Crippen molar-refractivity contribution in [3.63, 3.8) is 0 Å². The third-order valence-corrected chi connectivity index (χ3v) is 5.25. The Labute approximate surface area is 169 Å². The van der Waals surface area contributed by atoms with Crippen LogP contribution < -0.4 is 19.7 Å². The molecule has 1 fully saturated rings. The number of rotatable bonds is 5. The van der Waals surface area contributed by atoms with Gasteiger partial charge in [-0.05, 0) is 48.1 Å². The molecule has 7 heteroatoms. The Balaban J connectivity index is 1.87. The smallest absolute Gasteiger partial charge is 0.174 e. The molecule has 2 aromatic heterocycles. The number of ether oxygens (including phenoxy) is 2. The minimum atomic E-state index is -0.0907. The quantitative estimate of drug-likeness (QED) is 0.667. The number of hydrogen-bond donors (Lipinski definition) is 1. The summed E-state index contributed by atoms with van der Waals surface area (Å²) in [5.41, 5.74) is 2.92. The van der Waals surface area contributed by atoms with Gasteiger partial charge in [0.1, 0.15) is 11.5 Å². The van der Waals surface area contributed by atoms with Crippen LogP contribution in [0.1, 0.15) is 23.3 Å². The van der Waals surface area contributed by atoms with Gasteiger partial charge in [-0.1, -0.05) is 6.07 Å². The highest BCUT2D eigenvalue weighted by molar-refractivity contribution is 7.80. The maximum atomic E-state index is 5.75. The molecule has 0 bridgehead atoms. The van der Waals surface area contributed by atoms with E-state index in [1.807, 2.05) is 54.2 Å². The molecule has 1 aromatic carbocycles. The Morgan fingerprint density at radius 3 is 2.61 bits per heavy atom. The van der Waals surface area contributed by atoms with Crippen LogP contribution in [-0.2, 0) is 7.05 Å². The van der Waals surface area contributed by atoms with Crippen LogP contribution >= 0.6 is 12.2 Å².